The van der Waals surface area contributed by atoms with Gasteiger partial charge in [0.2, 0.25) is 5.91 Å². The van der Waals surface area contributed by atoms with Gasteiger partial charge in [-0.3, -0.25) is 4.79 Å². The van der Waals surface area contributed by atoms with Gasteiger partial charge in [-0.1, -0.05) is 12.1 Å². The number of methoxy groups -OCH3 is 1. The molecule has 2 heterocycles. The van der Waals surface area contributed by atoms with Gasteiger partial charge in [0.1, 0.15) is 18.8 Å². The fraction of sp³-hybridized carbons (Fsp3) is 0.632. The lowest BCUT2D eigenvalue weighted by atomic mass is 9.73. The largest absolute Gasteiger partial charge is 0.497 e. The zero-order valence-corrected chi connectivity index (χ0v) is 15.0. The molecular weight excluding hydrogens is 320 g/mol. The quantitative estimate of drug-likeness (QED) is 0.745. The Morgan fingerprint density at radius 3 is 2.40 bits per heavy atom. The van der Waals surface area contributed by atoms with Crippen molar-refractivity contribution in [3.63, 3.8) is 0 Å². The molecule has 6 nitrogen and oxygen atoms in total. The van der Waals surface area contributed by atoms with Crippen LogP contribution in [-0.2, 0) is 19.7 Å². The van der Waals surface area contributed by atoms with Gasteiger partial charge in [0.05, 0.1) is 38.8 Å². The number of hydrogen-bond acceptors (Lipinski definition) is 4. The predicted molar refractivity (Wildman–Crippen MR) is 94.1 cm³/mol. The third kappa shape index (κ3) is 4.32. The molecular formula is C19H29N2O4+. The third-order valence-electron chi connectivity index (χ3n) is 5.39. The second-order valence-corrected chi connectivity index (χ2v) is 6.79. The van der Waals surface area contributed by atoms with E-state index in [1.807, 2.05) is 24.3 Å². The summed E-state index contributed by atoms with van der Waals surface area (Å²) in [6.07, 6.45) is 1.44. The molecule has 25 heavy (non-hydrogen) atoms. The van der Waals surface area contributed by atoms with Gasteiger partial charge in [0, 0.05) is 13.2 Å². The minimum atomic E-state index is -0.495. The lowest BCUT2D eigenvalue weighted by Gasteiger charge is -2.36. The maximum Gasteiger partial charge on any atom is 0.231 e. The molecule has 3 rings (SSSR count). The van der Waals surface area contributed by atoms with Gasteiger partial charge in [-0.25, -0.2) is 0 Å². The minimum absolute atomic E-state index is 0.119. The van der Waals surface area contributed by atoms with Gasteiger partial charge in [0.25, 0.3) is 0 Å². The standard InChI is InChI=1S/C19H28N2O4/c1-23-17-4-2-16(3-5-17)19(6-12-24-13-7-19)18(22)20-8-9-21-10-14-25-15-11-21/h2-5H,6-15H2,1H3,(H,20,22)/p+1. The van der Waals surface area contributed by atoms with Gasteiger partial charge in [0.15, 0.2) is 0 Å². The van der Waals surface area contributed by atoms with E-state index in [-0.39, 0.29) is 5.91 Å². The zero-order valence-electron chi connectivity index (χ0n) is 15.0. The highest BCUT2D eigenvalue weighted by Gasteiger charge is 2.41. The summed E-state index contributed by atoms with van der Waals surface area (Å²) in [7, 11) is 1.65. The normalized spacial score (nSPS) is 20.8. The number of quaternary nitrogens is 1. The summed E-state index contributed by atoms with van der Waals surface area (Å²) in [6.45, 7) is 6.56. The Morgan fingerprint density at radius 2 is 1.76 bits per heavy atom. The van der Waals surface area contributed by atoms with Gasteiger partial charge >= 0.3 is 0 Å². The monoisotopic (exact) mass is 349 g/mol. The molecule has 2 fully saturated rings. The topological polar surface area (TPSA) is 61.2 Å². The van der Waals surface area contributed by atoms with Crippen LogP contribution in [0.25, 0.3) is 0 Å². The highest BCUT2D eigenvalue weighted by molar-refractivity contribution is 5.88. The Morgan fingerprint density at radius 1 is 1.12 bits per heavy atom. The van der Waals surface area contributed by atoms with Crippen LogP contribution in [0.5, 0.6) is 5.75 Å². The Kier molecular flexibility index (Phi) is 6.29. The van der Waals surface area contributed by atoms with Crippen molar-refractivity contribution in [1.82, 2.24) is 5.32 Å². The summed E-state index contributed by atoms with van der Waals surface area (Å²) in [5.41, 5.74) is 0.554. The molecule has 0 spiro atoms. The van der Waals surface area contributed by atoms with E-state index in [0.717, 1.165) is 57.0 Å². The third-order valence-corrected chi connectivity index (χ3v) is 5.39. The van der Waals surface area contributed by atoms with E-state index < -0.39 is 5.41 Å². The van der Waals surface area contributed by atoms with Crippen molar-refractivity contribution in [2.24, 2.45) is 0 Å². The molecule has 2 aliphatic rings. The van der Waals surface area contributed by atoms with E-state index in [1.165, 1.54) is 4.90 Å². The first kappa shape index (κ1) is 18.2. The van der Waals surface area contributed by atoms with Crippen LogP contribution in [-0.4, -0.2) is 65.6 Å². The van der Waals surface area contributed by atoms with Gasteiger partial charge in [-0.05, 0) is 30.5 Å². The summed E-state index contributed by atoms with van der Waals surface area (Å²) in [5, 5.41) is 3.18. The van der Waals surface area contributed by atoms with Crippen LogP contribution in [0.1, 0.15) is 18.4 Å². The van der Waals surface area contributed by atoms with Gasteiger partial charge in [-0.2, -0.15) is 0 Å². The van der Waals surface area contributed by atoms with Crippen molar-refractivity contribution < 1.29 is 23.9 Å². The van der Waals surface area contributed by atoms with Crippen LogP contribution in [0.2, 0.25) is 0 Å². The summed E-state index contributed by atoms with van der Waals surface area (Å²) in [6, 6.07) is 7.88. The summed E-state index contributed by atoms with van der Waals surface area (Å²) in [4.78, 5) is 14.6. The highest BCUT2D eigenvalue weighted by atomic mass is 16.5. The summed E-state index contributed by atoms with van der Waals surface area (Å²) < 4.78 is 16.1. The molecule has 2 saturated heterocycles. The number of carbonyl (C=O) groups is 1. The van der Waals surface area contributed by atoms with Crippen LogP contribution in [0.15, 0.2) is 24.3 Å². The molecule has 2 N–H and O–H groups in total. The molecule has 0 atom stereocenters. The van der Waals surface area contributed by atoms with Crippen molar-refractivity contribution in [3.8, 4) is 5.75 Å². The van der Waals surface area contributed by atoms with Crippen molar-refractivity contribution in [2.45, 2.75) is 18.3 Å². The van der Waals surface area contributed by atoms with E-state index >= 15 is 0 Å². The first-order valence-corrected chi connectivity index (χ1v) is 9.16. The predicted octanol–water partition coefficient (Wildman–Crippen LogP) is -0.225. The molecule has 138 valence electrons. The number of amides is 1. The first-order valence-electron chi connectivity index (χ1n) is 9.16. The van der Waals surface area contributed by atoms with Crippen LogP contribution < -0.4 is 15.0 Å². The number of ether oxygens (including phenoxy) is 3. The average Bonchev–Trinajstić information content (AvgIpc) is 2.69. The molecule has 1 amide bonds. The SMILES string of the molecule is COc1ccc(C2(C(=O)NCC[NH+]3CCOCC3)CCOCC2)cc1. The van der Waals surface area contributed by atoms with Crippen LogP contribution in [0.4, 0.5) is 0 Å². The highest BCUT2D eigenvalue weighted by Crippen LogP contribution is 2.35. The Labute approximate surface area is 149 Å². The van der Waals surface area contributed by atoms with E-state index in [1.54, 1.807) is 7.11 Å². The number of morpholine rings is 1. The summed E-state index contributed by atoms with van der Waals surface area (Å²) >= 11 is 0. The lowest BCUT2D eigenvalue weighted by Crippen LogP contribution is -3.14. The second-order valence-electron chi connectivity index (χ2n) is 6.79. The molecule has 0 saturated carbocycles. The lowest BCUT2D eigenvalue weighted by molar-refractivity contribution is -0.906. The second kappa shape index (κ2) is 8.65. The maximum atomic E-state index is 13.1. The van der Waals surface area contributed by atoms with E-state index in [2.05, 4.69) is 5.32 Å². The molecule has 0 bridgehead atoms. The molecule has 1 aromatic carbocycles. The number of nitrogens with one attached hydrogen (secondary N) is 2. The first-order chi connectivity index (χ1) is 12.2. The molecule has 0 radical (unpaired) electrons. The average molecular weight is 349 g/mol. The molecule has 2 aliphatic heterocycles. The Hall–Kier alpha value is -1.63. The van der Waals surface area contributed by atoms with Crippen molar-refractivity contribution in [3.05, 3.63) is 29.8 Å². The van der Waals surface area contributed by atoms with Crippen molar-refractivity contribution >= 4 is 5.91 Å². The Balaban J connectivity index is 1.65. The number of rotatable bonds is 6. The molecule has 0 aromatic heterocycles. The molecule has 0 aliphatic carbocycles. The molecule has 1 aromatic rings. The molecule has 6 heteroatoms. The summed E-state index contributed by atoms with van der Waals surface area (Å²) in [5.74, 6) is 0.927. The van der Waals surface area contributed by atoms with Crippen molar-refractivity contribution in [1.29, 1.82) is 0 Å². The fourth-order valence-corrected chi connectivity index (χ4v) is 3.71. The van der Waals surface area contributed by atoms with E-state index in [0.29, 0.717) is 19.8 Å². The van der Waals surface area contributed by atoms with Crippen molar-refractivity contribution in [2.75, 3.05) is 59.7 Å². The number of benzene rings is 1. The number of carbonyl (C=O) groups excluding carboxylic acids is 1. The zero-order chi connectivity index (χ0) is 17.5. The van der Waals surface area contributed by atoms with E-state index in [4.69, 9.17) is 14.2 Å². The smallest absolute Gasteiger partial charge is 0.231 e. The minimum Gasteiger partial charge on any atom is -0.497 e. The van der Waals surface area contributed by atoms with Crippen LogP contribution >= 0.6 is 0 Å². The van der Waals surface area contributed by atoms with Crippen LogP contribution in [0.3, 0.4) is 0 Å². The van der Waals surface area contributed by atoms with Gasteiger partial charge < -0.3 is 24.4 Å². The maximum absolute atomic E-state index is 13.1. The Bertz CT molecular complexity index is 549. The molecule has 0 unspecified atom stereocenters. The van der Waals surface area contributed by atoms with Gasteiger partial charge in [-0.15, -0.1) is 0 Å². The fourth-order valence-electron chi connectivity index (χ4n) is 3.71. The van der Waals surface area contributed by atoms with Crippen LogP contribution in [0, 0.1) is 0 Å². The number of hydrogen-bond donors (Lipinski definition) is 2. The van der Waals surface area contributed by atoms with E-state index in [9.17, 15) is 4.79 Å².